The number of hydrogen-bond donors (Lipinski definition) is 1. The van der Waals surface area contributed by atoms with Crippen LogP contribution < -0.4 is 5.32 Å². The molecule has 0 fully saturated rings. The van der Waals surface area contributed by atoms with Crippen molar-refractivity contribution in [1.82, 2.24) is 9.88 Å². The highest BCUT2D eigenvalue weighted by Crippen LogP contribution is 2.49. The number of para-hydroxylation sites is 1. The third-order valence-electron chi connectivity index (χ3n) is 6.86. The molecule has 3 aromatic carbocycles. The van der Waals surface area contributed by atoms with E-state index in [1.807, 2.05) is 0 Å². The van der Waals surface area contributed by atoms with Crippen molar-refractivity contribution in [1.29, 1.82) is 0 Å². The highest BCUT2D eigenvalue weighted by molar-refractivity contribution is 6.19. The molecule has 0 aliphatic carbocycles. The summed E-state index contributed by atoms with van der Waals surface area (Å²) in [5.41, 5.74) is 9.65. The number of rotatable bonds is 3. The van der Waals surface area contributed by atoms with Crippen LogP contribution in [0.4, 0.5) is 5.69 Å². The largest absolute Gasteiger partial charge is 0.385 e. The number of benzene rings is 3. The van der Waals surface area contributed by atoms with Crippen molar-refractivity contribution in [3.8, 4) is 0 Å². The lowest BCUT2D eigenvalue weighted by Gasteiger charge is -2.24. The first-order chi connectivity index (χ1) is 15.6. The molecule has 1 N–H and O–H groups in total. The van der Waals surface area contributed by atoms with E-state index < -0.39 is 0 Å². The Kier molecular flexibility index (Phi) is 4.16. The average molecular weight is 418 g/mol. The van der Waals surface area contributed by atoms with Gasteiger partial charge >= 0.3 is 0 Å². The molecular weight excluding hydrogens is 390 g/mol. The zero-order chi connectivity index (χ0) is 21.9. The first-order valence-corrected chi connectivity index (χ1v) is 11.5. The molecule has 0 atom stereocenters. The molecule has 0 amide bonds. The normalized spacial score (nSPS) is 18.2. The molecule has 1 aromatic heterocycles. The molecule has 4 aromatic rings. The summed E-state index contributed by atoms with van der Waals surface area (Å²) >= 11 is 0. The van der Waals surface area contributed by atoms with Gasteiger partial charge in [0, 0.05) is 34.5 Å². The van der Waals surface area contributed by atoms with Crippen LogP contribution in [0, 0.1) is 0 Å². The van der Waals surface area contributed by atoms with E-state index in [2.05, 4.69) is 110 Å². The number of aliphatic imine (C=N–C) groups is 1. The summed E-state index contributed by atoms with van der Waals surface area (Å²) in [5.74, 6) is 0. The van der Waals surface area contributed by atoms with Gasteiger partial charge in [-0.25, -0.2) is 0 Å². The monoisotopic (exact) mass is 417 g/mol. The van der Waals surface area contributed by atoms with E-state index >= 15 is 0 Å². The smallest absolute Gasteiger partial charge is 0.0696 e. The van der Waals surface area contributed by atoms with Crippen molar-refractivity contribution >= 4 is 38.9 Å². The predicted molar refractivity (Wildman–Crippen MR) is 136 cm³/mol. The lowest BCUT2D eigenvalue weighted by molar-refractivity contribution is 0.741. The van der Waals surface area contributed by atoms with Gasteiger partial charge in [-0.3, -0.25) is 4.99 Å². The second-order valence-corrected chi connectivity index (χ2v) is 9.21. The van der Waals surface area contributed by atoms with E-state index in [4.69, 9.17) is 4.99 Å². The topological polar surface area (TPSA) is 29.3 Å². The Bertz CT molecular complexity index is 1460. The molecule has 0 spiro atoms. The zero-order valence-electron chi connectivity index (χ0n) is 18.8. The third-order valence-corrected chi connectivity index (χ3v) is 6.86. The predicted octanol–water partition coefficient (Wildman–Crippen LogP) is 6.94. The number of hydrogen-bond acceptors (Lipinski definition) is 2. The van der Waals surface area contributed by atoms with Crippen molar-refractivity contribution in [3.63, 3.8) is 0 Å². The minimum atomic E-state index is -0.205. The van der Waals surface area contributed by atoms with Crippen LogP contribution in [0.25, 0.3) is 27.5 Å². The second kappa shape index (κ2) is 6.96. The summed E-state index contributed by atoms with van der Waals surface area (Å²) in [6.45, 7) is 7.71. The van der Waals surface area contributed by atoms with Gasteiger partial charge in [-0.05, 0) is 43.5 Å². The average Bonchev–Trinajstić information content (AvgIpc) is 3.46. The molecule has 2 aliphatic heterocycles. The van der Waals surface area contributed by atoms with Gasteiger partial charge in [0.2, 0.25) is 0 Å². The minimum Gasteiger partial charge on any atom is -0.385 e. The Balaban J connectivity index is 1.70. The molecule has 2 aliphatic rings. The summed E-state index contributed by atoms with van der Waals surface area (Å²) in [6, 6.07) is 23.8. The van der Waals surface area contributed by atoms with Crippen LogP contribution in [0.1, 0.15) is 38.3 Å². The summed E-state index contributed by atoms with van der Waals surface area (Å²) in [6.07, 6.45) is 5.54. The Labute approximate surface area is 188 Å². The molecule has 0 radical (unpaired) electrons. The first kappa shape index (κ1) is 19.1. The molecule has 158 valence electrons. The van der Waals surface area contributed by atoms with Gasteiger partial charge in [-0.15, -0.1) is 0 Å². The first-order valence-electron chi connectivity index (χ1n) is 11.5. The van der Waals surface area contributed by atoms with Crippen molar-refractivity contribution in [2.45, 2.75) is 32.6 Å². The zero-order valence-corrected chi connectivity index (χ0v) is 18.8. The van der Waals surface area contributed by atoms with Crippen molar-refractivity contribution in [3.05, 3.63) is 95.7 Å². The van der Waals surface area contributed by atoms with Gasteiger partial charge < -0.3 is 9.88 Å². The molecule has 3 heteroatoms. The Hall–Kier alpha value is -3.59. The minimum absolute atomic E-state index is 0.205. The summed E-state index contributed by atoms with van der Waals surface area (Å²) < 4.78 is 2.47. The number of nitrogens with zero attached hydrogens (tertiary/aromatic N) is 2. The molecule has 3 nitrogen and oxygen atoms in total. The fourth-order valence-corrected chi connectivity index (χ4v) is 5.48. The molecule has 3 heterocycles. The molecule has 0 saturated heterocycles. The van der Waals surface area contributed by atoms with Crippen molar-refractivity contribution in [2.75, 3.05) is 6.54 Å². The van der Waals surface area contributed by atoms with Gasteiger partial charge in [0.05, 0.1) is 28.1 Å². The fraction of sp³-hybridized carbons (Fsp3) is 0.207. The molecule has 6 rings (SSSR count). The molecular formula is C29H27N3. The SMILES string of the molecule is CC/C=C1\CNC=C1n1c2ccccc2c2ccc3c(c21)C(C)(C)C(c1ccccc1)=N3. The number of fused-ring (bicyclic) bond motifs is 5. The van der Waals surface area contributed by atoms with Gasteiger partial charge in [0.1, 0.15) is 0 Å². The quantitative estimate of drug-likeness (QED) is 0.384. The van der Waals surface area contributed by atoms with Gasteiger partial charge in [0.25, 0.3) is 0 Å². The van der Waals surface area contributed by atoms with Gasteiger partial charge in [-0.2, -0.15) is 0 Å². The van der Waals surface area contributed by atoms with Crippen LogP contribution >= 0.6 is 0 Å². The van der Waals surface area contributed by atoms with Crippen LogP contribution in [-0.4, -0.2) is 16.8 Å². The van der Waals surface area contributed by atoms with E-state index in [1.165, 1.54) is 44.2 Å². The lowest BCUT2D eigenvalue weighted by atomic mass is 9.78. The van der Waals surface area contributed by atoms with Crippen LogP contribution in [-0.2, 0) is 5.41 Å². The molecule has 32 heavy (non-hydrogen) atoms. The van der Waals surface area contributed by atoms with Crippen LogP contribution in [0.3, 0.4) is 0 Å². The number of allylic oxidation sites excluding steroid dienone is 1. The Morgan fingerprint density at radius 3 is 2.56 bits per heavy atom. The molecule has 0 bridgehead atoms. The summed E-state index contributed by atoms with van der Waals surface area (Å²) in [5, 5.41) is 6.05. The standard InChI is InChI=1S/C29H27N3/c1-4-10-20-17-30-18-25(20)32-24-14-9-8-13-21(24)22-15-16-23-26(27(22)32)29(2,3)28(31-23)19-11-6-5-7-12-19/h5-16,18,30H,4,17H2,1-3H3/b20-10+. The number of nitrogens with one attached hydrogen (secondary N) is 1. The maximum Gasteiger partial charge on any atom is 0.0696 e. The molecule has 0 unspecified atom stereocenters. The molecule has 0 saturated carbocycles. The van der Waals surface area contributed by atoms with E-state index in [0.717, 1.165) is 24.4 Å². The number of aromatic nitrogens is 1. The van der Waals surface area contributed by atoms with Crippen LogP contribution in [0.5, 0.6) is 0 Å². The van der Waals surface area contributed by atoms with Crippen molar-refractivity contribution < 1.29 is 0 Å². The Morgan fingerprint density at radius 1 is 0.969 bits per heavy atom. The highest BCUT2D eigenvalue weighted by Gasteiger charge is 2.39. The van der Waals surface area contributed by atoms with E-state index in [9.17, 15) is 0 Å². The lowest BCUT2D eigenvalue weighted by Crippen LogP contribution is -2.27. The highest BCUT2D eigenvalue weighted by atomic mass is 15.1. The van der Waals surface area contributed by atoms with Gasteiger partial charge in [-0.1, -0.05) is 67.6 Å². The Morgan fingerprint density at radius 2 is 1.75 bits per heavy atom. The maximum atomic E-state index is 5.17. The van der Waals surface area contributed by atoms with E-state index in [1.54, 1.807) is 0 Å². The van der Waals surface area contributed by atoms with Crippen molar-refractivity contribution in [2.24, 2.45) is 4.99 Å². The maximum absolute atomic E-state index is 5.17. The van der Waals surface area contributed by atoms with Gasteiger partial charge in [0.15, 0.2) is 0 Å². The fourth-order valence-electron chi connectivity index (χ4n) is 5.48. The summed E-state index contributed by atoms with van der Waals surface area (Å²) in [7, 11) is 0. The third kappa shape index (κ3) is 2.57. The van der Waals surface area contributed by atoms with Crippen LogP contribution in [0.15, 0.2) is 89.6 Å². The van der Waals surface area contributed by atoms with E-state index in [-0.39, 0.29) is 5.41 Å². The summed E-state index contributed by atoms with van der Waals surface area (Å²) in [4.78, 5) is 5.17. The van der Waals surface area contributed by atoms with E-state index in [0.29, 0.717) is 0 Å². The second-order valence-electron chi connectivity index (χ2n) is 9.21. The van der Waals surface area contributed by atoms with Crippen LogP contribution in [0.2, 0.25) is 0 Å².